The van der Waals surface area contributed by atoms with Gasteiger partial charge < -0.3 is 14.4 Å². The minimum absolute atomic E-state index is 0.362. The molecule has 0 saturated carbocycles. The summed E-state index contributed by atoms with van der Waals surface area (Å²) in [5, 5.41) is 12.3. The van der Waals surface area contributed by atoms with Gasteiger partial charge in [-0.2, -0.15) is 5.26 Å². The van der Waals surface area contributed by atoms with Gasteiger partial charge in [-0.3, -0.25) is 0 Å². The normalized spacial score (nSPS) is 10.9. The Hall–Kier alpha value is -3.10. The van der Waals surface area contributed by atoms with Gasteiger partial charge in [0.25, 0.3) is 0 Å². The summed E-state index contributed by atoms with van der Waals surface area (Å²) in [7, 11) is 1.67. The van der Waals surface area contributed by atoms with E-state index in [0.29, 0.717) is 24.5 Å². The average Bonchev–Trinajstić information content (AvgIpc) is 2.87. The van der Waals surface area contributed by atoms with Crippen LogP contribution < -0.4 is 9.64 Å². The van der Waals surface area contributed by atoms with Crippen LogP contribution in [0.5, 0.6) is 5.88 Å². The summed E-state index contributed by atoms with van der Waals surface area (Å²) in [5.41, 5.74) is 3.03. The summed E-state index contributed by atoms with van der Waals surface area (Å²) in [6.45, 7) is 15.1. The molecule has 0 bridgehead atoms. The molecule has 1 aromatic heterocycles. The van der Waals surface area contributed by atoms with Crippen LogP contribution in [0, 0.1) is 11.3 Å². The van der Waals surface area contributed by atoms with E-state index in [9.17, 15) is 5.26 Å². The van der Waals surface area contributed by atoms with E-state index < -0.39 is 5.60 Å². The van der Waals surface area contributed by atoms with Crippen LogP contribution in [-0.2, 0) is 4.74 Å². The Morgan fingerprint density at radius 1 is 0.971 bits per heavy atom. The minimum atomic E-state index is -0.490. The molecule has 0 spiro atoms. The van der Waals surface area contributed by atoms with Crippen LogP contribution in [0.2, 0.25) is 0 Å². The number of rotatable bonds is 11. The van der Waals surface area contributed by atoms with Gasteiger partial charge in [0.05, 0.1) is 0 Å². The van der Waals surface area contributed by atoms with Crippen molar-refractivity contribution in [3.05, 3.63) is 54.2 Å². The molecule has 1 heterocycles. The molecule has 0 fully saturated rings. The van der Waals surface area contributed by atoms with E-state index >= 15 is 0 Å². The van der Waals surface area contributed by atoms with E-state index in [4.69, 9.17) is 9.47 Å². The lowest BCUT2D eigenvalue weighted by molar-refractivity contribution is 0.0588. The lowest BCUT2D eigenvalue weighted by Crippen LogP contribution is -2.30. The molecular weight excluding hydrogens is 434 g/mol. The Bertz CT molecular complexity index is 1110. The second-order valence-electron chi connectivity index (χ2n) is 8.99. The smallest absolute Gasteiger partial charge is 0.232 e. The van der Waals surface area contributed by atoms with E-state index in [0.717, 1.165) is 42.4 Å². The molecule has 0 aliphatic carbocycles. The third-order valence-electron chi connectivity index (χ3n) is 5.80. The van der Waals surface area contributed by atoms with Crippen molar-refractivity contribution in [3.63, 3.8) is 0 Å². The molecule has 0 radical (unpaired) electrons. The van der Waals surface area contributed by atoms with Crippen molar-refractivity contribution < 1.29 is 9.47 Å². The maximum Gasteiger partial charge on any atom is 0.232 e. The van der Waals surface area contributed by atoms with Gasteiger partial charge in [0.1, 0.15) is 17.2 Å². The monoisotopic (exact) mass is 475 g/mol. The maximum atomic E-state index is 9.95. The highest BCUT2D eigenvalue weighted by atomic mass is 16.5. The number of hydrogen-bond donors (Lipinski definition) is 0. The van der Waals surface area contributed by atoms with Crippen LogP contribution in [0.25, 0.3) is 21.9 Å². The van der Waals surface area contributed by atoms with Crippen molar-refractivity contribution in [2.24, 2.45) is 0 Å². The van der Waals surface area contributed by atoms with Gasteiger partial charge in [-0.05, 0) is 67.3 Å². The topological polar surface area (TPSA) is 58.4 Å². The molecule has 5 nitrogen and oxygen atoms in total. The summed E-state index contributed by atoms with van der Waals surface area (Å²) < 4.78 is 11.3. The lowest BCUT2D eigenvalue weighted by atomic mass is 9.98. The Morgan fingerprint density at radius 3 is 2.26 bits per heavy atom. The molecule has 3 aromatic rings. The average molecular weight is 476 g/mol. The molecule has 0 aliphatic heterocycles. The number of anilines is 1. The standard InChI is InChI=1S/C28H35N3O2.C2H6/c1-6-15-31(16-7-2)24-11-10-21-18-23(9-8-22(21)19-24)25-12-14-30-27(26(25)20-29)33-28(3,4)13-17-32-5;1-2/h8-12,14,18-19H,6-7,13,15-17H2,1-5H3;1-2H3. The highest BCUT2D eigenvalue weighted by Crippen LogP contribution is 2.33. The predicted molar refractivity (Wildman–Crippen MR) is 147 cm³/mol. The fraction of sp³-hybridized carbons (Fsp3) is 0.467. The van der Waals surface area contributed by atoms with Crippen LogP contribution in [0.1, 0.15) is 66.4 Å². The van der Waals surface area contributed by atoms with Crippen LogP contribution in [0.3, 0.4) is 0 Å². The molecule has 188 valence electrons. The number of aromatic nitrogens is 1. The molecule has 0 aliphatic rings. The van der Waals surface area contributed by atoms with Gasteiger partial charge in [0.2, 0.25) is 5.88 Å². The first-order valence-electron chi connectivity index (χ1n) is 12.8. The second-order valence-corrected chi connectivity index (χ2v) is 8.99. The van der Waals surface area contributed by atoms with Crippen molar-refractivity contribution in [1.29, 1.82) is 5.26 Å². The minimum Gasteiger partial charge on any atom is -0.471 e. The van der Waals surface area contributed by atoms with Gasteiger partial charge in [0.15, 0.2) is 0 Å². The summed E-state index contributed by atoms with van der Waals surface area (Å²) in [6.07, 6.45) is 4.66. The second kappa shape index (κ2) is 13.7. The summed E-state index contributed by atoms with van der Waals surface area (Å²) in [4.78, 5) is 6.81. The highest BCUT2D eigenvalue weighted by molar-refractivity contribution is 5.90. The molecule has 35 heavy (non-hydrogen) atoms. The molecule has 0 atom stereocenters. The largest absolute Gasteiger partial charge is 0.471 e. The first kappa shape index (κ1) is 28.1. The zero-order chi connectivity index (χ0) is 25.8. The molecule has 0 amide bonds. The Balaban J connectivity index is 0.00000210. The van der Waals surface area contributed by atoms with Gasteiger partial charge in [-0.15, -0.1) is 0 Å². The number of ether oxygens (including phenoxy) is 2. The highest BCUT2D eigenvalue weighted by Gasteiger charge is 2.23. The molecule has 0 unspecified atom stereocenters. The molecule has 2 aromatic carbocycles. The predicted octanol–water partition coefficient (Wildman–Crippen LogP) is 7.62. The van der Waals surface area contributed by atoms with Gasteiger partial charge in [0, 0.05) is 50.7 Å². The third-order valence-corrected chi connectivity index (χ3v) is 5.80. The van der Waals surface area contributed by atoms with E-state index in [-0.39, 0.29) is 0 Å². The van der Waals surface area contributed by atoms with E-state index in [2.05, 4.69) is 66.2 Å². The summed E-state index contributed by atoms with van der Waals surface area (Å²) >= 11 is 0. The zero-order valence-corrected chi connectivity index (χ0v) is 22.5. The van der Waals surface area contributed by atoms with E-state index in [1.54, 1.807) is 13.3 Å². The van der Waals surface area contributed by atoms with Gasteiger partial charge in [-0.25, -0.2) is 4.98 Å². The first-order chi connectivity index (χ1) is 16.9. The van der Waals surface area contributed by atoms with Crippen molar-refractivity contribution in [2.45, 2.75) is 66.4 Å². The number of benzene rings is 2. The zero-order valence-electron chi connectivity index (χ0n) is 22.5. The van der Waals surface area contributed by atoms with Gasteiger partial charge in [-0.1, -0.05) is 45.9 Å². The molecule has 0 saturated heterocycles. The first-order valence-corrected chi connectivity index (χ1v) is 12.8. The number of nitriles is 1. The molecule has 5 heteroatoms. The summed E-state index contributed by atoms with van der Waals surface area (Å²) in [5.74, 6) is 0.362. The van der Waals surface area contributed by atoms with E-state index in [1.165, 1.54) is 11.1 Å². The van der Waals surface area contributed by atoms with Crippen molar-refractivity contribution in [3.8, 4) is 23.1 Å². The van der Waals surface area contributed by atoms with Gasteiger partial charge >= 0.3 is 0 Å². The number of methoxy groups -OCH3 is 1. The number of pyridine rings is 1. The fourth-order valence-electron chi connectivity index (χ4n) is 4.04. The van der Waals surface area contributed by atoms with Crippen LogP contribution in [0.15, 0.2) is 48.7 Å². The Labute approximate surface area is 211 Å². The SMILES string of the molecule is CC.CCCN(CCC)c1ccc2cc(-c3ccnc(OC(C)(C)CCOC)c3C#N)ccc2c1. The Morgan fingerprint density at radius 2 is 1.63 bits per heavy atom. The maximum absolute atomic E-state index is 9.95. The number of fused-ring (bicyclic) bond motifs is 1. The third kappa shape index (κ3) is 7.44. The fourth-order valence-corrected chi connectivity index (χ4v) is 4.04. The Kier molecular flexibility index (Phi) is 11.0. The van der Waals surface area contributed by atoms with Crippen LogP contribution in [-0.4, -0.2) is 37.4 Å². The van der Waals surface area contributed by atoms with Crippen molar-refractivity contribution >= 4 is 16.5 Å². The quantitative estimate of drug-likeness (QED) is 0.285. The van der Waals surface area contributed by atoms with E-state index in [1.807, 2.05) is 33.8 Å². The molecule has 0 N–H and O–H groups in total. The van der Waals surface area contributed by atoms with Crippen molar-refractivity contribution in [2.75, 3.05) is 31.7 Å². The summed E-state index contributed by atoms with van der Waals surface area (Å²) in [6, 6.07) is 17.2. The van der Waals surface area contributed by atoms with Crippen LogP contribution >= 0.6 is 0 Å². The number of hydrogen-bond acceptors (Lipinski definition) is 5. The van der Waals surface area contributed by atoms with Crippen LogP contribution in [0.4, 0.5) is 5.69 Å². The number of nitrogens with zero attached hydrogens (tertiary/aromatic N) is 3. The molecular formula is C30H41N3O2. The lowest BCUT2D eigenvalue weighted by Gasteiger charge is -2.26. The van der Waals surface area contributed by atoms with Crippen molar-refractivity contribution in [1.82, 2.24) is 4.98 Å². The molecule has 3 rings (SSSR count).